The molecule has 22 heavy (non-hydrogen) atoms. The van der Waals surface area contributed by atoms with Crippen molar-refractivity contribution in [2.45, 2.75) is 19.2 Å². The first kappa shape index (κ1) is 14.8. The summed E-state index contributed by atoms with van der Waals surface area (Å²) < 4.78 is 13.4. The Balaban J connectivity index is 1.77. The zero-order valence-corrected chi connectivity index (χ0v) is 13.6. The third kappa shape index (κ3) is 3.20. The number of benzene rings is 1. The second-order valence-corrected chi connectivity index (χ2v) is 6.84. The van der Waals surface area contributed by atoms with Crippen LogP contribution in [0.15, 0.2) is 48.8 Å². The lowest BCUT2D eigenvalue weighted by atomic mass is 10.2. The summed E-state index contributed by atoms with van der Waals surface area (Å²) in [5, 5.41) is 3.41. The van der Waals surface area contributed by atoms with Gasteiger partial charge in [0.1, 0.15) is 5.65 Å². The highest BCUT2D eigenvalue weighted by Gasteiger charge is 2.05. The minimum atomic E-state index is -0.821. The zero-order valence-electron chi connectivity index (χ0n) is 12.7. The quantitative estimate of drug-likeness (QED) is 0.787. The summed E-state index contributed by atoms with van der Waals surface area (Å²) in [6, 6.07) is 12.2. The van der Waals surface area contributed by atoms with E-state index < -0.39 is 10.8 Å². The number of aryl methyl sites for hydroxylation is 1. The van der Waals surface area contributed by atoms with Gasteiger partial charge in [-0.3, -0.25) is 4.21 Å². The average molecular weight is 313 g/mol. The predicted molar refractivity (Wildman–Crippen MR) is 91.5 cm³/mol. The van der Waals surface area contributed by atoms with E-state index in [4.69, 9.17) is 0 Å². The van der Waals surface area contributed by atoms with Crippen molar-refractivity contribution in [1.29, 1.82) is 0 Å². The molecule has 3 rings (SSSR count). The van der Waals surface area contributed by atoms with Crippen molar-refractivity contribution in [2.24, 2.45) is 0 Å². The second-order valence-electron chi connectivity index (χ2n) is 5.41. The van der Waals surface area contributed by atoms with Gasteiger partial charge in [-0.05, 0) is 36.2 Å². The van der Waals surface area contributed by atoms with Crippen molar-refractivity contribution < 1.29 is 4.21 Å². The third-order valence-electron chi connectivity index (χ3n) is 3.58. The van der Waals surface area contributed by atoms with Crippen molar-refractivity contribution in [3.63, 3.8) is 0 Å². The molecule has 0 bridgehead atoms. The monoisotopic (exact) mass is 313 g/mol. The molecular weight excluding hydrogens is 294 g/mol. The van der Waals surface area contributed by atoms with Gasteiger partial charge in [-0.25, -0.2) is 4.98 Å². The Morgan fingerprint density at radius 1 is 1.27 bits per heavy atom. The second kappa shape index (κ2) is 6.32. The lowest BCUT2D eigenvalue weighted by Gasteiger charge is -2.08. The maximum atomic E-state index is 11.3. The number of hydrogen-bond acceptors (Lipinski definition) is 3. The van der Waals surface area contributed by atoms with E-state index in [1.165, 1.54) is 5.56 Å². The molecule has 4 nitrogen and oxygen atoms in total. The molecule has 1 N–H and O–H groups in total. The Morgan fingerprint density at radius 3 is 2.95 bits per heavy atom. The smallest absolute Gasteiger partial charge is 0.139 e. The number of rotatable bonds is 5. The molecule has 1 atom stereocenters. The highest BCUT2D eigenvalue weighted by Crippen LogP contribution is 2.15. The molecule has 1 aromatic carbocycles. The molecule has 0 aliphatic carbocycles. The summed E-state index contributed by atoms with van der Waals surface area (Å²) in [6.45, 7) is 2.76. The molecule has 0 radical (unpaired) electrons. The molecule has 3 aromatic rings. The molecule has 2 aromatic heterocycles. The molecular formula is C17H19N3OS. The van der Waals surface area contributed by atoms with E-state index in [9.17, 15) is 4.21 Å². The van der Waals surface area contributed by atoms with Crippen LogP contribution in [0.3, 0.4) is 0 Å². The molecule has 0 unspecified atom stereocenters. The fourth-order valence-electron chi connectivity index (χ4n) is 2.53. The summed E-state index contributed by atoms with van der Waals surface area (Å²) in [4.78, 5) is 4.47. The molecule has 0 aliphatic heterocycles. The maximum Gasteiger partial charge on any atom is 0.139 e. The fraction of sp³-hybridized carbons (Fsp3) is 0.235. The maximum absolute atomic E-state index is 11.3. The third-order valence-corrected chi connectivity index (χ3v) is 4.32. The van der Waals surface area contributed by atoms with E-state index in [1.54, 1.807) is 6.26 Å². The van der Waals surface area contributed by atoms with E-state index >= 15 is 0 Å². The summed E-state index contributed by atoms with van der Waals surface area (Å²) in [5.74, 6) is 0.588. The van der Waals surface area contributed by atoms with Crippen LogP contribution in [0.4, 0.5) is 5.69 Å². The normalized spacial score (nSPS) is 12.5. The molecule has 0 aliphatic rings. The molecule has 0 amide bonds. The van der Waals surface area contributed by atoms with Gasteiger partial charge in [0, 0.05) is 34.7 Å². The summed E-state index contributed by atoms with van der Waals surface area (Å²) >= 11 is 0. The van der Waals surface area contributed by atoms with E-state index in [-0.39, 0.29) is 0 Å². The van der Waals surface area contributed by atoms with Crippen LogP contribution in [-0.4, -0.2) is 19.8 Å². The summed E-state index contributed by atoms with van der Waals surface area (Å²) in [5.41, 5.74) is 5.39. The topological polar surface area (TPSA) is 46.4 Å². The molecule has 0 spiro atoms. The van der Waals surface area contributed by atoms with Crippen LogP contribution in [0.25, 0.3) is 5.65 Å². The van der Waals surface area contributed by atoms with Crippen LogP contribution in [-0.2, 0) is 23.1 Å². The van der Waals surface area contributed by atoms with E-state index in [1.807, 2.05) is 36.7 Å². The van der Waals surface area contributed by atoms with Crippen molar-refractivity contribution >= 4 is 22.1 Å². The zero-order chi connectivity index (χ0) is 15.5. The first-order valence-electron chi connectivity index (χ1n) is 7.18. The van der Waals surface area contributed by atoms with Gasteiger partial charge < -0.3 is 9.72 Å². The van der Waals surface area contributed by atoms with Gasteiger partial charge in [0.15, 0.2) is 0 Å². The van der Waals surface area contributed by atoms with Crippen LogP contribution >= 0.6 is 0 Å². The minimum Gasteiger partial charge on any atom is -0.379 e. The number of imidazole rings is 1. The standard InChI is InChI=1S/C17H19N3OS/c1-13-5-4-8-20-16(11-19-17(13)20)10-18-15-7-3-6-14(9-15)12-22(2)21/h3-9,11,18H,10,12H2,1-2H3/t22-/m1/s1. The van der Waals surface area contributed by atoms with Gasteiger partial charge in [-0.2, -0.15) is 0 Å². The number of pyridine rings is 1. The number of nitrogens with one attached hydrogen (secondary N) is 1. The summed E-state index contributed by atoms with van der Waals surface area (Å²) in [7, 11) is -0.821. The molecule has 0 saturated carbocycles. The van der Waals surface area contributed by atoms with Gasteiger partial charge in [-0.1, -0.05) is 18.2 Å². The SMILES string of the molecule is Cc1cccn2c(CNc3cccc(C[S@@](C)=O)c3)cnc12. The van der Waals surface area contributed by atoms with Crippen molar-refractivity contribution in [2.75, 3.05) is 11.6 Å². The first-order chi connectivity index (χ1) is 10.6. The largest absolute Gasteiger partial charge is 0.379 e. The van der Waals surface area contributed by atoms with Gasteiger partial charge in [0.2, 0.25) is 0 Å². The van der Waals surface area contributed by atoms with Gasteiger partial charge in [-0.15, -0.1) is 0 Å². The molecule has 0 fully saturated rings. The number of hydrogen-bond donors (Lipinski definition) is 1. The highest BCUT2D eigenvalue weighted by molar-refractivity contribution is 7.83. The van der Waals surface area contributed by atoms with E-state index in [0.717, 1.165) is 22.6 Å². The highest BCUT2D eigenvalue weighted by atomic mass is 32.2. The van der Waals surface area contributed by atoms with Crippen molar-refractivity contribution in [3.8, 4) is 0 Å². The van der Waals surface area contributed by atoms with Crippen LogP contribution in [0.1, 0.15) is 16.8 Å². The van der Waals surface area contributed by atoms with Gasteiger partial charge >= 0.3 is 0 Å². The van der Waals surface area contributed by atoms with Crippen molar-refractivity contribution in [3.05, 3.63) is 65.6 Å². The van der Waals surface area contributed by atoms with Gasteiger partial charge in [0.25, 0.3) is 0 Å². The Kier molecular flexibility index (Phi) is 4.24. The first-order valence-corrected chi connectivity index (χ1v) is 8.90. The number of nitrogens with zero attached hydrogens (tertiary/aromatic N) is 2. The average Bonchev–Trinajstić information content (AvgIpc) is 2.89. The summed E-state index contributed by atoms with van der Waals surface area (Å²) in [6.07, 6.45) is 5.66. The van der Waals surface area contributed by atoms with Crippen LogP contribution in [0, 0.1) is 6.92 Å². The minimum absolute atomic E-state index is 0.588. The Morgan fingerprint density at radius 2 is 2.14 bits per heavy atom. The molecule has 114 valence electrons. The molecule has 2 heterocycles. The van der Waals surface area contributed by atoms with Crippen LogP contribution in [0.2, 0.25) is 0 Å². The molecule has 5 heteroatoms. The number of aromatic nitrogens is 2. The number of fused-ring (bicyclic) bond motifs is 1. The Hall–Kier alpha value is -2.14. The predicted octanol–water partition coefficient (Wildman–Crippen LogP) is 3.13. The number of anilines is 1. The van der Waals surface area contributed by atoms with Gasteiger partial charge in [0.05, 0.1) is 18.4 Å². The lowest BCUT2D eigenvalue weighted by Crippen LogP contribution is -2.03. The van der Waals surface area contributed by atoms with Crippen LogP contribution < -0.4 is 5.32 Å². The van der Waals surface area contributed by atoms with E-state index in [0.29, 0.717) is 12.3 Å². The van der Waals surface area contributed by atoms with Crippen molar-refractivity contribution in [1.82, 2.24) is 9.38 Å². The lowest BCUT2D eigenvalue weighted by molar-refractivity contribution is 0.686. The fourth-order valence-corrected chi connectivity index (χ4v) is 3.18. The Bertz CT molecular complexity index is 826. The molecule has 0 saturated heterocycles. The Labute approximate surface area is 132 Å². The van der Waals surface area contributed by atoms with Crippen LogP contribution in [0.5, 0.6) is 0 Å². The van der Waals surface area contributed by atoms with E-state index in [2.05, 4.69) is 33.8 Å².